The number of carbonyl (C=O) groups excluding carboxylic acids is 1. The molecule has 0 saturated carbocycles. The van der Waals surface area contributed by atoms with Crippen LogP contribution in [-0.4, -0.2) is 43.6 Å². The first-order valence-electron chi connectivity index (χ1n) is 10.0. The van der Waals surface area contributed by atoms with Gasteiger partial charge in [-0.3, -0.25) is 14.2 Å². The summed E-state index contributed by atoms with van der Waals surface area (Å²) in [4.78, 5) is 29.3. The van der Waals surface area contributed by atoms with Gasteiger partial charge in [-0.15, -0.1) is 5.10 Å². The molecule has 0 spiro atoms. The molecule has 0 aliphatic rings. The summed E-state index contributed by atoms with van der Waals surface area (Å²) < 4.78 is 8.15. The largest absolute Gasteiger partial charge is 0.494 e. The molecule has 0 saturated heterocycles. The Hall–Kier alpha value is -4.01. The fourth-order valence-electron chi connectivity index (χ4n) is 3.18. The molecule has 31 heavy (non-hydrogen) atoms. The van der Waals surface area contributed by atoms with Crippen LogP contribution in [0, 0.1) is 0 Å². The molecule has 0 radical (unpaired) electrons. The second-order valence-corrected chi connectivity index (χ2v) is 6.86. The van der Waals surface area contributed by atoms with Crippen molar-refractivity contribution in [3.63, 3.8) is 0 Å². The molecule has 4 rings (SSSR count). The van der Waals surface area contributed by atoms with Crippen molar-refractivity contribution in [3.05, 3.63) is 76.8 Å². The number of carbonyl (C=O) groups is 1. The molecule has 0 bridgehead atoms. The number of fused-ring (bicyclic) bond motifs is 1. The summed E-state index contributed by atoms with van der Waals surface area (Å²) >= 11 is 0. The predicted octanol–water partition coefficient (Wildman–Crippen LogP) is 1.73. The Morgan fingerprint density at radius 2 is 1.87 bits per heavy atom. The van der Waals surface area contributed by atoms with Gasteiger partial charge in [-0.05, 0) is 43.2 Å². The van der Waals surface area contributed by atoms with Crippen molar-refractivity contribution in [1.29, 1.82) is 0 Å². The zero-order valence-electron chi connectivity index (χ0n) is 17.1. The van der Waals surface area contributed by atoms with Crippen molar-refractivity contribution in [2.75, 3.05) is 13.2 Å². The number of nitrogens with zero attached hydrogens (tertiary/aromatic N) is 5. The van der Waals surface area contributed by atoms with Crippen molar-refractivity contribution in [2.24, 2.45) is 0 Å². The Labute approximate surface area is 178 Å². The van der Waals surface area contributed by atoms with Crippen LogP contribution in [0.5, 0.6) is 5.75 Å². The molecule has 1 amide bonds. The first kappa shape index (κ1) is 20.3. The van der Waals surface area contributed by atoms with Crippen LogP contribution in [0.3, 0.4) is 0 Å². The number of hydrogen-bond acceptors (Lipinski definition) is 6. The third-order valence-corrected chi connectivity index (χ3v) is 4.71. The molecule has 158 valence electrons. The van der Waals surface area contributed by atoms with Crippen LogP contribution in [0.25, 0.3) is 16.9 Å². The minimum atomic E-state index is -0.416. The van der Waals surface area contributed by atoms with Gasteiger partial charge in [-0.1, -0.05) is 35.5 Å². The molecule has 0 fully saturated rings. The van der Waals surface area contributed by atoms with Crippen molar-refractivity contribution in [2.45, 2.75) is 19.9 Å². The van der Waals surface area contributed by atoms with Gasteiger partial charge in [-0.2, -0.15) is 4.68 Å². The number of aromatic nitrogens is 5. The number of benzene rings is 2. The van der Waals surface area contributed by atoms with Crippen molar-refractivity contribution < 1.29 is 9.53 Å². The van der Waals surface area contributed by atoms with Gasteiger partial charge in [0.2, 0.25) is 5.91 Å². The van der Waals surface area contributed by atoms with E-state index in [4.69, 9.17) is 4.74 Å². The number of amides is 1. The molecule has 9 nitrogen and oxygen atoms in total. The maximum atomic E-state index is 12.8. The third-order valence-electron chi connectivity index (χ3n) is 4.71. The summed E-state index contributed by atoms with van der Waals surface area (Å²) in [7, 11) is 0. The van der Waals surface area contributed by atoms with E-state index in [1.165, 1.54) is 15.6 Å². The van der Waals surface area contributed by atoms with Crippen molar-refractivity contribution in [3.8, 4) is 11.4 Å². The maximum absolute atomic E-state index is 12.8. The van der Waals surface area contributed by atoms with Gasteiger partial charge in [0.05, 0.1) is 12.3 Å². The number of rotatable bonds is 8. The molecule has 0 unspecified atom stereocenters. The lowest BCUT2D eigenvalue weighted by molar-refractivity contribution is -0.121. The van der Waals surface area contributed by atoms with Crippen LogP contribution < -0.4 is 15.6 Å². The Morgan fingerprint density at radius 1 is 1.10 bits per heavy atom. The second-order valence-electron chi connectivity index (χ2n) is 6.86. The first-order valence-corrected chi connectivity index (χ1v) is 10.0. The van der Waals surface area contributed by atoms with Gasteiger partial charge in [0, 0.05) is 6.54 Å². The quantitative estimate of drug-likeness (QED) is 0.467. The van der Waals surface area contributed by atoms with Gasteiger partial charge in [0.1, 0.15) is 18.6 Å². The van der Waals surface area contributed by atoms with Crippen LogP contribution in [0.2, 0.25) is 0 Å². The fourth-order valence-corrected chi connectivity index (χ4v) is 3.18. The van der Waals surface area contributed by atoms with Crippen LogP contribution >= 0.6 is 0 Å². The van der Waals surface area contributed by atoms with E-state index >= 15 is 0 Å². The van der Waals surface area contributed by atoms with E-state index in [1.54, 1.807) is 0 Å². The lowest BCUT2D eigenvalue weighted by Crippen LogP contribution is -2.33. The monoisotopic (exact) mass is 418 g/mol. The van der Waals surface area contributed by atoms with Gasteiger partial charge >= 0.3 is 0 Å². The molecule has 9 heteroatoms. The topological polar surface area (TPSA) is 104 Å². The summed E-state index contributed by atoms with van der Waals surface area (Å²) in [5.41, 5.74) is 1.85. The summed E-state index contributed by atoms with van der Waals surface area (Å²) in [6, 6.07) is 17.1. The Bertz CT molecular complexity index is 1230. The Balaban J connectivity index is 1.46. The lowest BCUT2D eigenvalue weighted by Gasteiger charge is -2.08. The highest BCUT2D eigenvalue weighted by atomic mass is 16.5. The van der Waals surface area contributed by atoms with E-state index < -0.39 is 5.56 Å². The normalized spacial score (nSPS) is 10.9. The minimum absolute atomic E-state index is 0.105. The van der Waals surface area contributed by atoms with E-state index in [-0.39, 0.29) is 18.0 Å². The van der Waals surface area contributed by atoms with Gasteiger partial charge in [0.15, 0.2) is 11.2 Å². The van der Waals surface area contributed by atoms with E-state index in [1.807, 2.05) is 61.5 Å². The highest BCUT2D eigenvalue weighted by molar-refractivity contribution is 5.76. The van der Waals surface area contributed by atoms with Crippen LogP contribution in [0.4, 0.5) is 0 Å². The molecule has 2 aromatic heterocycles. The maximum Gasteiger partial charge on any atom is 0.284 e. The molecule has 0 aliphatic carbocycles. The third kappa shape index (κ3) is 4.61. The summed E-state index contributed by atoms with van der Waals surface area (Å²) in [5.74, 6) is 0.474. The molecular formula is C22H22N6O3. The number of ether oxygens (including phenoxy) is 1. The van der Waals surface area contributed by atoms with Crippen LogP contribution in [0.15, 0.2) is 65.7 Å². The molecule has 0 aliphatic heterocycles. The SMILES string of the molecule is CCOc1ccc(-n2nnc3c(=O)n(CC(=O)NCCc4ccccc4)cnc32)cc1. The van der Waals surface area contributed by atoms with Crippen molar-refractivity contribution in [1.82, 2.24) is 29.9 Å². The van der Waals surface area contributed by atoms with Gasteiger partial charge in [-0.25, -0.2) is 4.98 Å². The summed E-state index contributed by atoms with van der Waals surface area (Å²) in [6.07, 6.45) is 2.06. The van der Waals surface area contributed by atoms with Crippen LogP contribution in [0.1, 0.15) is 12.5 Å². The number of hydrogen-bond donors (Lipinski definition) is 1. The smallest absolute Gasteiger partial charge is 0.284 e. The van der Waals surface area contributed by atoms with Crippen LogP contribution in [-0.2, 0) is 17.8 Å². The molecule has 4 aromatic rings. The van der Waals surface area contributed by atoms with Gasteiger partial charge < -0.3 is 10.1 Å². The van der Waals surface area contributed by atoms with E-state index in [0.717, 1.165) is 17.7 Å². The standard InChI is InChI=1S/C22H22N6O3/c1-2-31-18-10-8-17(9-11-18)28-21-20(25-26-28)22(30)27(15-24-21)14-19(29)23-13-12-16-6-4-3-5-7-16/h3-11,15H,2,12-14H2,1H3,(H,23,29). The first-order chi connectivity index (χ1) is 15.2. The van der Waals surface area contributed by atoms with E-state index in [9.17, 15) is 9.59 Å². The number of nitrogens with one attached hydrogen (secondary N) is 1. The molecule has 2 aromatic carbocycles. The highest BCUT2D eigenvalue weighted by Crippen LogP contribution is 2.16. The Morgan fingerprint density at radius 3 is 2.61 bits per heavy atom. The van der Waals surface area contributed by atoms with Gasteiger partial charge in [0.25, 0.3) is 5.56 Å². The molecule has 0 atom stereocenters. The zero-order valence-corrected chi connectivity index (χ0v) is 17.1. The average Bonchev–Trinajstić information content (AvgIpc) is 3.22. The lowest BCUT2D eigenvalue weighted by atomic mass is 10.1. The fraction of sp³-hybridized carbons (Fsp3) is 0.227. The van der Waals surface area contributed by atoms with E-state index in [0.29, 0.717) is 24.5 Å². The predicted molar refractivity (Wildman–Crippen MR) is 115 cm³/mol. The highest BCUT2D eigenvalue weighted by Gasteiger charge is 2.15. The average molecular weight is 418 g/mol. The summed E-state index contributed by atoms with van der Waals surface area (Å²) in [5, 5.41) is 10.9. The zero-order chi connectivity index (χ0) is 21.6. The second kappa shape index (κ2) is 9.21. The summed E-state index contributed by atoms with van der Waals surface area (Å²) in [6.45, 7) is 2.84. The minimum Gasteiger partial charge on any atom is -0.494 e. The van der Waals surface area contributed by atoms with Crippen molar-refractivity contribution >= 4 is 17.1 Å². The Kier molecular flexibility index (Phi) is 6.02. The molecule has 1 N–H and O–H groups in total. The molecule has 2 heterocycles. The molecular weight excluding hydrogens is 396 g/mol. The van der Waals surface area contributed by atoms with E-state index in [2.05, 4.69) is 20.6 Å².